The summed E-state index contributed by atoms with van der Waals surface area (Å²) in [5.41, 5.74) is 2.43. The predicted octanol–water partition coefficient (Wildman–Crippen LogP) is 4.08. The molecule has 0 heterocycles. The van der Waals surface area contributed by atoms with Gasteiger partial charge in [0.25, 0.3) is 0 Å². The SMILES string of the molecule is COC(=O)c1ccc(NC(=O)Nc2ccc(Cl)cc2)c(C)c1. The molecule has 0 saturated carbocycles. The van der Waals surface area contributed by atoms with Gasteiger partial charge in [0.15, 0.2) is 0 Å². The number of methoxy groups -OCH3 is 1. The zero-order valence-electron chi connectivity index (χ0n) is 12.1. The molecular weight excluding hydrogens is 304 g/mol. The van der Waals surface area contributed by atoms with E-state index in [0.717, 1.165) is 5.56 Å². The third-order valence-electron chi connectivity index (χ3n) is 3.00. The van der Waals surface area contributed by atoms with Crippen LogP contribution in [0.5, 0.6) is 0 Å². The number of esters is 1. The summed E-state index contributed by atoms with van der Waals surface area (Å²) in [5, 5.41) is 6.01. The zero-order valence-corrected chi connectivity index (χ0v) is 12.9. The van der Waals surface area contributed by atoms with Crippen LogP contribution in [0, 0.1) is 6.92 Å². The van der Waals surface area contributed by atoms with Gasteiger partial charge in [-0.05, 0) is 55.0 Å². The third-order valence-corrected chi connectivity index (χ3v) is 3.25. The summed E-state index contributed by atoms with van der Waals surface area (Å²) in [6, 6.07) is 11.3. The van der Waals surface area contributed by atoms with Crippen molar-refractivity contribution < 1.29 is 14.3 Å². The number of halogens is 1. The number of carbonyl (C=O) groups is 2. The fraction of sp³-hybridized carbons (Fsp3) is 0.125. The lowest BCUT2D eigenvalue weighted by Crippen LogP contribution is -2.20. The smallest absolute Gasteiger partial charge is 0.337 e. The van der Waals surface area contributed by atoms with E-state index in [1.165, 1.54) is 7.11 Å². The van der Waals surface area contributed by atoms with Crippen LogP contribution in [0.3, 0.4) is 0 Å². The molecule has 114 valence electrons. The third kappa shape index (κ3) is 3.99. The molecule has 0 aliphatic heterocycles. The van der Waals surface area contributed by atoms with Gasteiger partial charge in [0, 0.05) is 16.4 Å². The Kier molecular flexibility index (Phi) is 5.01. The highest BCUT2D eigenvalue weighted by Gasteiger charge is 2.09. The fourth-order valence-corrected chi connectivity index (χ4v) is 1.99. The first-order valence-electron chi connectivity index (χ1n) is 6.52. The molecule has 0 aliphatic carbocycles. The molecule has 22 heavy (non-hydrogen) atoms. The van der Waals surface area contributed by atoms with Crippen LogP contribution in [0.15, 0.2) is 42.5 Å². The van der Waals surface area contributed by atoms with Crippen LogP contribution in [-0.2, 0) is 4.74 Å². The van der Waals surface area contributed by atoms with Crippen molar-refractivity contribution in [2.75, 3.05) is 17.7 Å². The van der Waals surface area contributed by atoms with E-state index >= 15 is 0 Å². The Morgan fingerprint density at radius 2 is 1.73 bits per heavy atom. The molecule has 0 aliphatic rings. The van der Waals surface area contributed by atoms with Crippen molar-refractivity contribution in [1.29, 1.82) is 0 Å². The topological polar surface area (TPSA) is 67.4 Å². The monoisotopic (exact) mass is 318 g/mol. The van der Waals surface area contributed by atoms with E-state index in [4.69, 9.17) is 11.6 Å². The minimum Gasteiger partial charge on any atom is -0.465 e. The van der Waals surface area contributed by atoms with Crippen LogP contribution in [0.25, 0.3) is 0 Å². The Balaban J connectivity index is 2.05. The number of hydrogen-bond acceptors (Lipinski definition) is 3. The average molecular weight is 319 g/mol. The molecule has 0 atom stereocenters. The number of carbonyl (C=O) groups excluding carboxylic acids is 2. The van der Waals surface area contributed by atoms with Crippen LogP contribution < -0.4 is 10.6 Å². The molecule has 0 unspecified atom stereocenters. The van der Waals surface area contributed by atoms with Crippen LogP contribution in [0.1, 0.15) is 15.9 Å². The second-order valence-corrected chi connectivity index (χ2v) is 5.04. The number of nitrogens with one attached hydrogen (secondary N) is 2. The van der Waals surface area contributed by atoms with Crippen molar-refractivity contribution in [3.05, 3.63) is 58.6 Å². The number of amides is 2. The summed E-state index contributed by atoms with van der Waals surface area (Å²) in [7, 11) is 1.32. The second kappa shape index (κ2) is 6.95. The fourth-order valence-electron chi connectivity index (χ4n) is 1.87. The van der Waals surface area contributed by atoms with E-state index in [-0.39, 0.29) is 6.03 Å². The number of aryl methyl sites for hydroxylation is 1. The van der Waals surface area contributed by atoms with E-state index < -0.39 is 5.97 Å². The van der Waals surface area contributed by atoms with Crippen LogP contribution in [0.2, 0.25) is 5.02 Å². The van der Waals surface area contributed by atoms with E-state index in [1.807, 2.05) is 0 Å². The van der Waals surface area contributed by atoms with Gasteiger partial charge in [-0.25, -0.2) is 9.59 Å². The number of urea groups is 1. The predicted molar refractivity (Wildman–Crippen MR) is 86.6 cm³/mol. The summed E-state index contributed by atoms with van der Waals surface area (Å²) >= 11 is 5.78. The summed E-state index contributed by atoms with van der Waals surface area (Å²) < 4.78 is 4.65. The Morgan fingerprint density at radius 3 is 2.32 bits per heavy atom. The maximum absolute atomic E-state index is 11.9. The number of hydrogen-bond donors (Lipinski definition) is 2. The molecule has 2 aromatic rings. The summed E-state index contributed by atoms with van der Waals surface area (Å²) in [5.74, 6) is -0.416. The minimum atomic E-state index is -0.416. The summed E-state index contributed by atoms with van der Waals surface area (Å²) in [6.45, 7) is 1.80. The second-order valence-electron chi connectivity index (χ2n) is 4.61. The van der Waals surface area contributed by atoms with Crippen LogP contribution in [0.4, 0.5) is 16.2 Å². The molecule has 6 heteroatoms. The Morgan fingerprint density at radius 1 is 1.05 bits per heavy atom. The van der Waals surface area contributed by atoms with Crippen molar-refractivity contribution in [3.63, 3.8) is 0 Å². The maximum atomic E-state index is 11.9. The average Bonchev–Trinajstić information content (AvgIpc) is 2.50. The van der Waals surface area contributed by atoms with E-state index in [0.29, 0.717) is 22.0 Å². The van der Waals surface area contributed by atoms with Crippen molar-refractivity contribution in [1.82, 2.24) is 0 Å². The zero-order chi connectivity index (χ0) is 16.1. The highest BCUT2D eigenvalue weighted by atomic mass is 35.5. The molecule has 0 saturated heterocycles. The lowest BCUT2D eigenvalue weighted by molar-refractivity contribution is 0.0600. The summed E-state index contributed by atoms with van der Waals surface area (Å²) in [6.07, 6.45) is 0. The molecule has 5 nitrogen and oxygen atoms in total. The first kappa shape index (κ1) is 15.9. The lowest BCUT2D eigenvalue weighted by atomic mass is 10.1. The first-order chi connectivity index (χ1) is 10.5. The van der Waals surface area contributed by atoms with E-state index in [2.05, 4.69) is 15.4 Å². The Hall–Kier alpha value is -2.53. The van der Waals surface area contributed by atoms with Gasteiger partial charge in [-0.15, -0.1) is 0 Å². The highest BCUT2D eigenvalue weighted by Crippen LogP contribution is 2.18. The number of benzene rings is 2. The van der Waals surface area contributed by atoms with Gasteiger partial charge in [0.2, 0.25) is 0 Å². The Bertz CT molecular complexity index is 699. The Labute approximate surface area is 133 Å². The van der Waals surface area contributed by atoms with Gasteiger partial charge in [-0.2, -0.15) is 0 Å². The molecule has 0 fully saturated rings. The van der Waals surface area contributed by atoms with Gasteiger partial charge in [0.1, 0.15) is 0 Å². The molecule has 2 aromatic carbocycles. The van der Waals surface area contributed by atoms with Gasteiger partial charge in [-0.3, -0.25) is 0 Å². The minimum absolute atomic E-state index is 0.378. The first-order valence-corrected chi connectivity index (χ1v) is 6.90. The molecule has 0 aromatic heterocycles. The van der Waals surface area contributed by atoms with Crippen molar-refractivity contribution in [2.24, 2.45) is 0 Å². The lowest BCUT2D eigenvalue weighted by Gasteiger charge is -2.11. The van der Waals surface area contributed by atoms with Gasteiger partial charge in [0.05, 0.1) is 12.7 Å². The quantitative estimate of drug-likeness (QED) is 0.838. The van der Waals surface area contributed by atoms with Gasteiger partial charge >= 0.3 is 12.0 Å². The van der Waals surface area contributed by atoms with Crippen LogP contribution in [-0.4, -0.2) is 19.1 Å². The van der Waals surface area contributed by atoms with Crippen LogP contribution >= 0.6 is 11.6 Å². The molecule has 0 radical (unpaired) electrons. The van der Waals surface area contributed by atoms with Crippen molar-refractivity contribution in [3.8, 4) is 0 Å². The van der Waals surface area contributed by atoms with Gasteiger partial charge < -0.3 is 15.4 Å². The number of rotatable bonds is 3. The summed E-state index contributed by atoms with van der Waals surface area (Å²) in [4.78, 5) is 23.4. The number of ether oxygens (including phenoxy) is 1. The molecule has 2 amide bonds. The van der Waals surface area contributed by atoms with Crippen molar-refractivity contribution >= 4 is 35.0 Å². The molecule has 0 bridgehead atoms. The maximum Gasteiger partial charge on any atom is 0.337 e. The van der Waals surface area contributed by atoms with E-state index in [9.17, 15) is 9.59 Å². The normalized spacial score (nSPS) is 9.95. The molecule has 2 N–H and O–H groups in total. The number of anilines is 2. The van der Waals surface area contributed by atoms with E-state index in [1.54, 1.807) is 49.4 Å². The highest BCUT2D eigenvalue weighted by molar-refractivity contribution is 6.30. The van der Waals surface area contributed by atoms with Gasteiger partial charge in [-0.1, -0.05) is 11.6 Å². The standard InChI is InChI=1S/C16H15ClN2O3/c1-10-9-11(15(20)22-2)3-8-14(10)19-16(21)18-13-6-4-12(17)5-7-13/h3-9H,1-2H3,(H2,18,19,21). The molecule has 2 rings (SSSR count). The molecular formula is C16H15ClN2O3. The largest absolute Gasteiger partial charge is 0.465 e. The molecule has 0 spiro atoms. The van der Waals surface area contributed by atoms with Crippen molar-refractivity contribution in [2.45, 2.75) is 6.92 Å².